The Bertz CT molecular complexity index is 2000. The number of phosphoric acid groups is 2. The molecule has 18 heteroatoms. The predicted octanol–water partition coefficient (Wildman–Crippen LogP) is 16.3. The number of rotatable bonds is 57. The Labute approximate surface area is 500 Å². The van der Waals surface area contributed by atoms with Gasteiger partial charge in [0.25, 0.3) is 0 Å². The highest BCUT2D eigenvalue weighted by Crippen LogP contribution is 2.45. The molecule has 0 heterocycles. The Morgan fingerprint density at radius 2 is 0.639 bits per heavy atom. The number of carbonyl (C=O) groups is 3. The first-order chi connectivity index (χ1) is 40.2. The van der Waals surface area contributed by atoms with Crippen LogP contribution in [0.1, 0.15) is 213 Å². The number of esters is 3. The number of ether oxygens (including phenoxy) is 3. The molecular formula is C65H108O16P2. The number of aliphatic hydroxyl groups excluding tert-OH is 2. The van der Waals surface area contributed by atoms with Crippen LogP contribution in [0.2, 0.25) is 0 Å². The molecule has 83 heavy (non-hydrogen) atoms. The van der Waals surface area contributed by atoms with Gasteiger partial charge in [-0.25, -0.2) is 9.13 Å². The fraction of sp³-hybridized carbons (Fsp3) is 0.646. The SMILES string of the molecule is CC/C=C\C/C=C\C/C=C\C/C=C\C/C=C\CCCCCC(=O)OCC(O)COP(=O)(O)OCC(O)COP(=O)(O)OCC(COC(=O)CCCCCC/C=C\C/C=C\C/C=C\C/C=C\CC)OC(=O)CCCCCCC/C=C\CCCC. The third kappa shape index (κ3) is 59.5. The molecule has 0 fully saturated rings. The van der Waals surface area contributed by atoms with Gasteiger partial charge in [0.2, 0.25) is 0 Å². The van der Waals surface area contributed by atoms with Gasteiger partial charge in [0.05, 0.1) is 26.4 Å². The quantitative estimate of drug-likeness (QED) is 0.0146. The first kappa shape index (κ1) is 79.0. The summed E-state index contributed by atoms with van der Waals surface area (Å²) in [6.45, 7) is 2.27. The highest BCUT2D eigenvalue weighted by atomic mass is 31.2. The summed E-state index contributed by atoms with van der Waals surface area (Å²) < 4.78 is 60.6. The van der Waals surface area contributed by atoms with Crippen molar-refractivity contribution in [2.45, 2.75) is 232 Å². The minimum Gasteiger partial charge on any atom is -0.463 e. The molecule has 4 N–H and O–H groups in total. The predicted molar refractivity (Wildman–Crippen MR) is 334 cm³/mol. The molecule has 0 rings (SSSR count). The van der Waals surface area contributed by atoms with E-state index in [1.54, 1.807) is 0 Å². The molecule has 0 aliphatic heterocycles. The average Bonchev–Trinajstić information content (AvgIpc) is 3.47. The molecule has 5 atom stereocenters. The summed E-state index contributed by atoms with van der Waals surface area (Å²) in [5, 5.41) is 20.5. The molecule has 0 aliphatic carbocycles. The monoisotopic (exact) mass is 1210 g/mol. The maximum Gasteiger partial charge on any atom is 0.472 e. The number of carbonyl (C=O) groups excluding carboxylic acids is 3. The second-order valence-corrected chi connectivity index (χ2v) is 23.0. The van der Waals surface area contributed by atoms with Crippen LogP contribution in [0.3, 0.4) is 0 Å². The molecule has 16 nitrogen and oxygen atoms in total. The van der Waals surface area contributed by atoms with Crippen molar-refractivity contribution in [2.75, 3.05) is 39.6 Å². The lowest BCUT2D eigenvalue weighted by atomic mass is 10.1. The van der Waals surface area contributed by atoms with E-state index >= 15 is 0 Å². The van der Waals surface area contributed by atoms with Gasteiger partial charge in [0.15, 0.2) is 6.10 Å². The highest BCUT2D eigenvalue weighted by molar-refractivity contribution is 7.47. The van der Waals surface area contributed by atoms with Crippen molar-refractivity contribution in [3.63, 3.8) is 0 Å². The van der Waals surface area contributed by atoms with Crippen LogP contribution in [0.25, 0.3) is 0 Å². The number of allylic oxidation sites excluding steroid dienone is 20. The van der Waals surface area contributed by atoms with Crippen molar-refractivity contribution in [1.29, 1.82) is 0 Å². The maximum absolute atomic E-state index is 12.8. The molecular weight excluding hydrogens is 1100 g/mol. The molecule has 0 aromatic heterocycles. The molecule has 0 bridgehead atoms. The van der Waals surface area contributed by atoms with Gasteiger partial charge < -0.3 is 34.2 Å². The van der Waals surface area contributed by atoms with Crippen LogP contribution in [-0.2, 0) is 55.8 Å². The number of hydrogen-bond acceptors (Lipinski definition) is 14. The molecule has 0 saturated carbocycles. The number of phosphoric ester groups is 2. The zero-order chi connectivity index (χ0) is 61.0. The van der Waals surface area contributed by atoms with Crippen LogP contribution in [0.4, 0.5) is 0 Å². The summed E-state index contributed by atoms with van der Waals surface area (Å²) in [6, 6.07) is 0. The van der Waals surface area contributed by atoms with Crippen molar-refractivity contribution in [1.82, 2.24) is 0 Å². The van der Waals surface area contributed by atoms with Crippen molar-refractivity contribution in [3.8, 4) is 0 Å². The molecule has 0 aromatic carbocycles. The van der Waals surface area contributed by atoms with Crippen LogP contribution in [0.5, 0.6) is 0 Å². The van der Waals surface area contributed by atoms with E-state index in [9.17, 15) is 43.5 Å². The van der Waals surface area contributed by atoms with Gasteiger partial charge in [0.1, 0.15) is 25.4 Å². The van der Waals surface area contributed by atoms with E-state index in [-0.39, 0.29) is 19.3 Å². The number of hydrogen-bond donors (Lipinski definition) is 4. The highest BCUT2D eigenvalue weighted by Gasteiger charge is 2.29. The molecule has 0 aliphatic rings. The minimum atomic E-state index is -4.93. The summed E-state index contributed by atoms with van der Waals surface area (Å²) in [6.07, 6.45) is 64.1. The standard InChI is InChI=1S/C65H108O16P2/c1-4-7-10-13-16-19-22-24-26-28-29-31-33-34-37-39-42-45-48-51-63(68)75-54-60(66)55-77-82(71,72)78-56-61(67)57-79-83(73,74)80-59-62(81-65(70)53-50-47-44-41-36-21-18-15-12-9-6-3)58-76-64(69)52-49-46-43-40-38-35-32-30-27-25-23-20-17-14-11-8-5-2/h7-8,10-11,15-20,24-27,29,31-32,34-35,37,60-62,66-67H,4-6,9,12-14,21-23,28,30,33,36,38-59H2,1-3H3,(H,71,72)(H,73,74)/b10-7-,11-8-,18-15-,19-16-,20-17-,26-24-,27-25-,31-29-,35-32-,37-34-. The summed E-state index contributed by atoms with van der Waals surface area (Å²) in [5.41, 5.74) is 0. The van der Waals surface area contributed by atoms with Gasteiger partial charge in [-0.2, -0.15) is 0 Å². The molecule has 0 amide bonds. The topological polar surface area (TPSA) is 231 Å². The van der Waals surface area contributed by atoms with Gasteiger partial charge in [-0.15, -0.1) is 0 Å². The van der Waals surface area contributed by atoms with Gasteiger partial charge in [-0.3, -0.25) is 32.5 Å². The largest absolute Gasteiger partial charge is 0.472 e. The Balaban J connectivity index is 4.69. The fourth-order valence-electron chi connectivity index (χ4n) is 7.45. The maximum atomic E-state index is 12.8. The van der Waals surface area contributed by atoms with E-state index in [1.165, 1.54) is 12.8 Å². The van der Waals surface area contributed by atoms with Crippen LogP contribution >= 0.6 is 15.6 Å². The number of aliphatic hydroxyl groups is 2. The van der Waals surface area contributed by atoms with Crippen molar-refractivity contribution >= 4 is 33.6 Å². The molecule has 0 spiro atoms. The van der Waals surface area contributed by atoms with Crippen LogP contribution in [0.15, 0.2) is 122 Å². The summed E-state index contributed by atoms with van der Waals surface area (Å²) >= 11 is 0. The van der Waals surface area contributed by atoms with Crippen molar-refractivity contribution in [2.24, 2.45) is 0 Å². The van der Waals surface area contributed by atoms with Crippen molar-refractivity contribution < 1.29 is 75.8 Å². The summed E-state index contributed by atoms with van der Waals surface area (Å²) in [4.78, 5) is 58.1. The van der Waals surface area contributed by atoms with Gasteiger partial charge in [-0.1, -0.05) is 194 Å². The van der Waals surface area contributed by atoms with E-state index in [1.807, 2.05) is 0 Å². The normalized spacial score (nSPS) is 15.2. The zero-order valence-electron chi connectivity index (χ0n) is 50.8. The Kier molecular flexibility index (Phi) is 55.5. The lowest BCUT2D eigenvalue weighted by Gasteiger charge is -2.21. The second-order valence-electron chi connectivity index (χ2n) is 20.1. The van der Waals surface area contributed by atoms with Crippen LogP contribution in [0, 0.1) is 0 Å². The van der Waals surface area contributed by atoms with E-state index < -0.39 is 91.5 Å². The molecule has 474 valence electrons. The average molecular weight is 1210 g/mol. The van der Waals surface area contributed by atoms with E-state index in [0.717, 1.165) is 141 Å². The zero-order valence-corrected chi connectivity index (χ0v) is 52.6. The second kappa shape index (κ2) is 58.3. The smallest absolute Gasteiger partial charge is 0.463 e. The van der Waals surface area contributed by atoms with Gasteiger partial charge in [0, 0.05) is 19.3 Å². The Morgan fingerprint density at radius 3 is 1.04 bits per heavy atom. The number of unbranched alkanes of at least 4 members (excludes halogenated alkanes) is 14. The molecule has 0 radical (unpaired) electrons. The minimum absolute atomic E-state index is 0.0842. The van der Waals surface area contributed by atoms with E-state index in [0.29, 0.717) is 19.3 Å². The van der Waals surface area contributed by atoms with Gasteiger partial charge >= 0.3 is 33.6 Å². The molecule has 0 saturated heterocycles. The lowest BCUT2D eigenvalue weighted by Crippen LogP contribution is -2.30. The third-order valence-corrected chi connectivity index (χ3v) is 14.1. The molecule has 0 aromatic rings. The van der Waals surface area contributed by atoms with E-state index in [2.05, 4.69) is 142 Å². The van der Waals surface area contributed by atoms with Crippen LogP contribution in [-0.4, -0.2) is 95.9 Å². The first-order valence-electron chi connectivity index (χ1n) is 30.8. The Hall–Kier alpha value is -4.05. The third-order valence-electron chi connectivity index (χ3n) is 12.2. The lowest BCUT2D eigenvalue weighted by molar-refractivity contribution is -0.161. The fourth-order valence-corrected chi connectivity index (χ4v) is 9.03. The first-order valence-corrected chi connectivity index (χ1v) is 33.8. The summed E-state index contributed by atoms with van der Waals surface area (Å²) in [7, 11) is -9.79. The van der Waals surface area contributed by atoms with E-state index in [4.69, 9.17) is 32.3 Å². The molecule has 5 unspecified atom stereocenters. The van der Waals surface area contributed by atoms with Gasteiger partial charge in [-0.05, 0) is 122 Å². The van der Waals surface area contributed by atoms with Crippen molar-refractivity contribution in [3.05, 3.63) is 122 Å². The summed E-state index contributed by atoms with van der Waals surface area (Å²) in [5.74, 6) is -1.65. The Morgan fingerprint density at radius 1 is 0.349 bits per heavy atom. The van der Waals surface area contributed by atoms with Crippen LogP contribution < -0.4 is 0 Å².